The molecule has 0 aliphatic carbocycles. The smallest absolute Gasteiger partial charge is 0.328 e. The lowest BCUT2D eigenvalue weighted by Crippen LogP contribution is -2.40. The molecule has 2 rings (SSSR count). The van der Waals surface area contributed by atoms with E-state index in [0.717, 1.165) is 0 Å². The molecule has 8 nitrogen and oxygen atoms in total. The van der Waals surface area contributed by atoms with Gasteiger partial charge in [-0.3, -0.25) is 9.59 Å². The molecule has 2 N–H and O–H groups in total. The van der Waals surface area contributed by atoms with Crippen LogP contribution in [0.4, 0.5) is 5.69 Å². The Balaban J connectivity index is 1.80. The van der Waals surface area contributed by atoms with E-state index in [1.165, 1.54) is 26.4 Å². The van der Waals surface area contributed by atoms with E-state index in [2.05, 4.69) is 10.6 Å². The van der Waals surface area contributed by atoms with Gasteiger partial charge in [0.1, 0.15) is 11.8 Å². The number of hydrogen-bond acceptors (Lipinski definition) is 6. The molecule has 0 bridgehead atoms. The van der Waals surface area contributed by atoms with E-state index in [4.69, 9.17) is 13.9 Å². The Bertz CT molecular complexity index is 741. The average Bonchev–Trinajstić information content (AvgIpc) is 3.14. The lowest BCUT2D eigenvalue weighted by Gasteiger charge is -2.13. The average molecular weight is 346 g/mol. The van der Waals surface area contributed by atoms with Crippen molar-refractivity contribution in [3.8, 4) is 5.75 Å². The number of rotatable bonds is 7. The summed E-state index contributed by atoms with van der Waals surface area (Å²) in [7, 11) is 1.48. The molecule has 132 valence electrons. The highest BCUT2D eigenvalue weighted by Crippen LogP contribution is 2.22. The van der Waals surface area contributed by atoms with Gasteiger partial charge in [-0.15, -0.1) is 0 Å². The summed E-state index contributed by atoms with van der Waals surface area (Å²) in [4.78, 5) is 35.5. The number of amides is 2. The van der Waals surface area contributed by atoms with Gasteiger partial charge in [0.25, 0.3) is 11.8 Å². The van der Waals surface area contributed by atoms with E-state index in [1.807, 2.05) is 0 Å². The molecule has 0 saturated carbocycles. The van der Waals surface area contributed by atoms with Gasteiger partial charge >= 0.3 is 5.97 Å². The van der Waals surface area contributed by atoms with Crippen molar-refractivity contribution in [3.63, 3.8) is 0 Å². The van der Waals surface area contributed by atoms with Crippen molar-refractivity contribution in [1.82, 2.24) is 5.32 Å². The Hall–Kier alpha value is -3.29. The third-order valence-electron chi connectivity index (χ3n) is 3.17. The number of furan rings is 1. The predicted octanol–water partition coefficient (Wildman–Crippen LogP) is 1.59. The Kier molecular flexibility index (Phi) is 6.16. The molecule has 1 atom stereocenters. The number of esters is 1. The second-order valence-corrected chi connectivity index (χ2v) is 5.03. The monoisotopic (exact) mass is 346 g/mol. The minimum atomic E-state index is -0.934. The van der Waals surface area contributed by atoms with Crippen molar-refractivity contribution in [2.24, 2.45) is 0 Å². The zero-order chi connectivity index (χ0) is 18.2. The Morgan fingerprint density at radius 1 is 1.16 bits per heavy atom. The second kappa shape index (κ2) is 8.53. The van der Waals surface area contributed by atoms with Crippen LogP contribution in [0, 0.1) is 0 Å². The Labute approximate surface area is 144 Å². The quantitative estimate of drug-likeness (QED) is 0.737. The molecule has 1 heterocycles. The maximum atomic E-state index is 11.9. The number of methoxy groups -OCH3 is 1. The summed E-state index contributed by atoms with van der Waals surface area (Å²) in [6, 6.07) is 8.93. The molecule has 0 spiro atoms. The number of nitrogens with one attached hydrogen (secondary N) is 2. The van der Waals surface area contributed by atoms with Crippen LogP contribution in [-0.2, 0) is 14.3 Å². The van der Waals surface area contributed by atoms with Gasteiger partial charge in [0, 0.05) is 0 Å². The van der Waals surface area contributed by atoms with Crippen LogP contribution < -0.4 is 15.4 Å². The number of ether oxygens (including phenoxy) is 2. The fourth-order valence-electron chi connectivity index (χ4n) is 1.93. The summed E-state index contributed by atoms with van der Waals surface area (Å²) in [6.45, 7) is 0.957. The molecule has 25 heavy (non-hydrogen) atoms. The maximum Gasteiger partial charge on any atom is 0.328 e. The third-order valence-corrected chi connectivity index (χ3v) is 3.17. The molecule has 1 aromatic heterocycles. The van der Waals surface area contributed by atoms with Crippen LogP contribution in [0.15, 0.2) is 47.1 Å². The first-order chi connectivity index (χ1) is 12.0. The van der Waals surface area contributed by atoms with Crippen molar-refractivity contribution in [1.29, 1.82) is 0 Å². The van der Waals surface area contributed by atoms with Gasteiger partial charge in [0.05, 0.1) is 19.1 Å². The molecule has 1 aromatic carbocycles. The van der Waals surface area contributed by atoms with Gasteiger partial charge in [-0.25, -0.2) is 4.79 Å². The van der Waals surface area contributed by atoms with Crippen LogP contribution in [-0.4, -0.2) is 37.5 Å². The lowest BCUT2D eigenvalue weighted by atomic mass is 10.3. The number of carbonyl (C=O) groups excluding carboxylic acids is 3. The summed E-state index contributed by atoms with van der Waals surface area (Å²) in [5, 5.41) is 4.99. The van der Waals surface area contributed by atoms with Crippen LogP contribution >= 0.6 is 0 Å². The molecule has 0 radical (unpaired) electrons. The minimum Gasteiger partial charge on any atom is -0.495 e. The SMILES string of the molecule is COc1ccccc1NC(=O)COC(=O)[C@H](C)NC(=O)c1ccco1. The maximum absolute atomic E-state index is 11.9. The largest absolute Gasteiger partial charge is 0.495 e. The summed E-state index contributed by atoms with van der Waals surface area (Å²) >= 11 is 0. The topological polar surface area (TPSA) is 107 Å². The molecular formula is C17H18N2O6. The van der Waals surface area contributed by atoms with Crippen LogP contribution in [0.25, 0.3) is 0 Å². The van der Waals surface area contributed by atoms with Crippen LogP contribution in [0.3, 0.4) is 0 Å². The van der Waals surface area contributed by atoms with E-state index < -0.39 is 30.4 Å². The Morgan fingerprint density at radius 3 is 2.60 bits per heavy atom. The van der Waals surface area contributed by atoms with E-state index in [1.54, 1.807) is 30.3 Å². The molecule has 0 unspecified atom stereocenters. The molecular weight excluding hydrogens is 328 g/mol. The molecule has 2 aromatic rings. The number of carbonyl (C=O) groups is 3. The number of para-hydroxylation sites is 2. The zero-order valence-corrected chi connectivity index (χ0v) is 13.8. The third kappa shape index (κ3) is 5.10. The standard InChI is InChI=1S/C17H18N2O6/c1-11(18-16(21)14-8-5-9-24-14)17(22)25-10-15(20)19-12-6-3-4-7-13(12)23-2/h3-9,11H,10H2,1-2H3,(H,18,21)(H,19,20)/t11-/m0/s1. The fraction of sp³-hybridized carbons (Fsp3) is 0.235. The minimum absolute atomic E-state index is 0.0774. The van der Waals surface area contributed by atoms with Crippen molar-refractivity contribution in [2.75, 3.05) is 19.0 Å². The summed E-state index contributed by atoms with van der Waals surface area (Å²) in [5.41, 5.74) is 0.463. The molecule has 8 heteroatoms. The van der Waals surface area contributed by atoms with Crippen molar-refractivity contribution < 1.29 is 28.3 Å². The summed E-state index contributed by atoms with van der Waals surface area (Å²) in [5.74, 6) is -1.25. The first-order valence-electron chi connectivity index (χ1n) is 7.45. The van der Waals surface area contributed by atoms with Gasteiger partial charge in [0.2, 0.25) is 0 Å². The predicted molar refractivity (Wildman–Crippen MR) is 88.2 cm³/mol. The fourth-order valence-corrected chi connectivity index (χ4v) is 1.93. The lowest BCUT2D eigenvalue weighted by molar-refractivity contribution is -0.148. The van der Waals surface area contributed by atoms with Crippen molar-refractivity contribution in [3.05, 3.63) is 48.4 Å². The van der Waals surface area contributed by atoms with Gasteiger partial charge in [-0.05, 0) is 31.2 Å². The van der Waals surface area contributed by atoms with Crippen molar-refractivity contribution in [2.45, 2.75) is 13.0 Å². The first kappa shape index (κ1) is 18.1. The van der Waals surface area contributed by atoms with Gasteiger partial charge < -0.3 is 24.5 Å². The molecule has 2 amide bonds. The molecule has 0 saturated heterocycles. The van der Waals surface area contributed by atoms with Crippen LogP contribution in [0.5, 0.6) is 5.75 Å². The number of hydrogen-bond donors (Lipinski definition) is 2. The Morgan fingerprint density at radius 2 is 1.92 bits per heavy atom. The van der Waals surface area contributed by atoms with Gasteiger partial charge in [0.15, 0.2) is 12.4 Å². The molecule has 0 aliphatic heterocycles. The van der Waals surface area contributed by atoms with Crippen LogP contribution in [0.2, 0.25) is 0 Å². The highest BCUT2D eigenvalue weighted by Gasteiger charge is 2.20. The zero-order valence-electron chi connectivity index (χ0n) is 13.8. The highest BCUT2D eigenvalue weighted by atomic mass is 16.5. The summed E-state index contributed by atoms with van der Waals surface area (Å²) in [6.07, 6.45) is 1.35. The van der Waals surface area contributed by atoms with E-state index in [9.17, 15) is 14.4 Å². The number of anilines is 1. The van der Waals surface area contributed by atoms with Crippen LogP contribution in [0.1, 0.15) is 17.5 Å². The number of benzene rings is 1. The molecule has 0 aliphatic rings. The van der Waals surface area contributed by atoms with E-state index in [0.29, 0.717) is 11.4 Å². The second-order valence-electron chi connectivity index (χ2n) is 5.03. The van der Waals surface area contributed by atoms with E-state index in [-0.39, 0.29) is 5.76 Å². The summed E-state index contributed by atoms with van der Waals surface area (Å²) < 4.78 is 14.9. The van der Waals surface area contributed by atoms with Gasteiger partial charge in [-0.2, -0.15) is 0 Å². The first-order valence-corrected chi connectivity index (χ1v) is 7.45. The van der Waals surface area contributed by atoms with Crippen molar-refractivity contribution >= 4 is 23.5 Å². The van der Waals surface area contributed by atoms with Gasteiger partial charge in [-0.1, -0.05) is 12.1 Å². The normalized spacial score (nSPS) is 11.3. The molecule has 0 fully saturated rings. The van der Waals surface area contributed by atoms with E-state index >= 15 is 0 Å². The highest BCUT2D eigenvalue weighted by molar-refractivity contribution is 5.96.